The second kappa shape index (κ2) is 9.93. The summed E-state index contributed by atoms with van der Waals surface area (Å²) in [6.07, 6.45) is 3.91. The number of nitrogens with one attached hydrogen (secondary N) is 2. The molecule has 2 N–H and O–H groups in total. The lowest BCUT2D eigenvalue weighted by Gasteiger charge is -2.34. The van der Waals surface area contributed by atoms with Gasteiger partial charge in [-0.05, 0) is 56.3 Å². The molecule has 0 saturated carbocycles. The molecule has 2 aliphatic rings. The Morgan fingerprint density at radius 2 is 1.62 bits per heavy atom. The first-order valence-electron chi connectivity index (χ1n) is 11.7. The van der Waals surface area contributed by atoms with Crippen molar-refractivity contribution in [1.82, 2.24) is 19.9 Å². The molecule has 9 nitrogen and oxygen atoms in total. The average molecular weight is 456 g/mol. The highest BCUT2D eigenvalue weighted by Crippen LogP contribution is 2.25. The van der Waals surface area contributed by atoms with Crippen molar-refractivity contribution in [3.63, 3.8) is 0 Å². The van der Waals surface area contributed by atoms with Crippen LogP contribution in [0.15, 0.2) is 48.7 Å². The number of aromatic nitrogens is 3. The molecule has 9 heteroatoms. The van der Waals surface area contributed by atoms with Gasteiger partial charge in [0, 0.05) is 50.6 Å². The quantitative estimate of drug-likeness (QED) is 0.578. The monoisotopic (exact) mass is 455 g/mol. The Labute approximate surface area is 200 Å². The van der Waals surface area contributed by atoms with E-state index in [1.807, 2.05) is 30.3 Å². The van der Waals surface area contributed by atoms with Crippen LogP contribution in [-0.4, -0.2) is 66.2 Å². The average Bonchev–Trinajstić information content (AvgIpc) is 3.41. The van der Waals surface area contributed by atoms with Crippen molar-refractivity contribution in [2.75, 3.05) is 66.7 Å². The summed E-state index contributed by atoms with van der Waals surface area (Å²) in [5.74, 6) is 2.45. The predicted octanol–water partition coefficient (Wildman–Crippen LogP) is 3.58. The molecule has 174 valence electrons. The zero-order valence-corrected chi connectivity index (χ0v) is 19.4. The van der Waals surface area contributed by atoms with E-state index in [4.69, 9.17) is 4.98 Å². The third-order valence-electron chi connectivity index (χ3n) is 6.31. The van der Waals surface area contributed by atoms with Crippen LogP contribution in [0, 0.1) is 11.3 Å². The molecule has 34 heavy (non-hydrogen) atoms. The summed E-state index contributed by atoms with van der Waals surface area (Å²) in [4.78, 5) is 20.6. The number of anilines is 6. The second-order valence-corrected chi connectivity index (χ2v) is 8.73. The minimum absolute atomic E-state index is 0.365. The topological polar surface area (TPSA) is 96.2 Å². The van der Waals surface area contributed by atoms with Crippen LogP contribution in [0.3, 0.4) is 0 Å². The molecule has 0 atom stereocenters. The number of nitrogens with zero attached hydrogens (tertiary/aromatic N) is 7. The fraction of sp³-hybridized carbons (Fsp3) is 0.360. The Bertz CT molecular complexity index is 1160. The molecule has 1 aromatic carbocycles. The van der Waals surface area contributed by atoms with Gasteiger partial charge in [0.15, 0.2) is 5.82 Å². The molecule has 2 aromatic heterocycles. The van der Waals surface area contributed by atoms with Gasteiger partial charge in [0.1, 0.15) is 23.3 Å². The van der Waals surface area contributed by atoms with Crippen LogP contribution in [0.2, 0.25) is 0 Å². The SMILES string of the molecule is CN1CCN(c2ccc(Nc3ncc(C#N)c(Nc4cccc(N5CCCC5)n4)n3)cc2)CC1. The second-order valence-electron chi connectivity index (χ2n) is 8.73. The molecule has 0 radical (unpaired) electrons. The molecule has 3 aromatic rings. The highest BCUT2D eigenvalue weighted by molar-refractivity contribution is 5.65. The normalized spacial score (nSPS) is 16.4. The summed E-state index contributed by atoms with van der Waals surface area (Å²) in [7, 11) is 2.16. The number of likely N-dealkylation sites (N-methyl/N-ethyl adjacent to an activating group) is 1. The maximum absolute atomic E-state index is 9.55. The van der Waals surface area contributed by atoms with E-state index in [0.29, 0.717) is 23.1 Å². The summed E-state index contributed by atoms with van der Waals surface area (Å²) in [5, 5.41) is 16.0. The van der Waals surface area contributed by atoms with Crippen LogP contribution in [0.5, 0.6) is 0 Å². The molecule has 2 fully saturated rings. The standard InChI is InChI=1S/C25H29N9/c1-32-13-15-33(16-14-32)21-9-7-20(8-10-21)28-25-27-18-19(17-26)24(31-25)30-22-5-4-6-23(29-22)34-11-2-3-12-34/h4-10,18H,2-3,11-16H2,1H3,(H2,27,28,29,30,31). The number of hydrogen-bond acceptors (Lipinski definition) is 9. The fourth-order valence-electron chi connectivity index (χ4n) is 4.31. The van der Waals surface area contributed by atoms with Crippen molar-refractivity contribution in [2.24, 2.45) is 0 Å². The molecule has 0 bridgehead atoms. The van der Waals surface area contributed by atoms with Crippen molar-refractivity contribution >= 4 is 34.8 Å². The number of nitriles is 1. The summed E-state index contributed by atoms with van der Waals surface area (Å²) in [6.45, 7) is 6.26. The summed E-state index contributed by atoms with van der Waals surface area (Å²) in [6, 6.07) is 16.3. The maximum Gasteiger partial charge on any atom is 0.229 e. The summed E-state index contributed by atoms with van der Waals surface area (Å²) in [5.41, 5.74) is 2.47. The molecular formula is C25H29N9. The molecule has 0 spiro atoms. The third kappa shape index (κ3) is 5.02. The zero-order chi connectivity index (χ0) is 23.3. The molecule has 0 amide bonds. The number of hydrogen-bond donors (Lipinski definition) is 2. The van der Waals surface area contributed by atoms with Crippen molar-refractivity contribution in [3.05, 3.63) is 54.2 Å². The van der Waals surface area contributed by atoms with E-state index < -0.39 is 0 Å². The fourth-order valence-corrected chi connectivity index (χ4v) is 4.31. The van der Waals surface area contributed by atoms with Crippen molar-refractivity contribution in [3.8, 4) is 6.07 Å². The molecule has 2 saturated heterocycles. The van der Waals surface area contributed by atoms with E-state index in [2.05, 4.69) is 60.6 Å². The Morgan fingerprint density at radius 1 is 0.853 bits per heavy atom. The van der Waals surface area contributed by atoms with Gasteiger partial charge in [0.05, 0.1) is 6.20 Å². The van der Waals surface area contributed by atoms with Crippen LogP contribution in [0.1, 0.15) is 18.4 Å². The van der Waals surface area contributed by atoms with Crippen molar-refractivity contribution < 1.29 is 0 Å². The van der Waals surface area contributed by atoms with Crippen LogP contribution >= 0.6 is 0 Å². The van der Waals surface area contributed by atoms with Crippen LogP contribution in [-0.2, 0) is 0 Å². The number of benzene rings is 1. The number of piperazine rings is 1. The zero-order valence-electron chi connectivity index (χ0n) is 19.4. The lowest BCUT2D eigenvalue weighted by atomic mass is 10.2. The first-order chi connectivity index (χ1) is 16.7. The smallest absolute Gasteiger partial charge is 0.229 e. The predicted molar refractivity (Wildman–Crippen MR) is 135 cm³/mol. The van der Waals surface area contributed by atoms with Crippen LogP contribution < -0.4 is 20.4 Å². The van der Waals surface area contributed by atoms with E-state index in [1.165, 1.54) is 24.7 Å². The van der Waals surface area contributed by atoms with E-state index in [1.54, 1.807) is 0 Å². The lowest BCUT2D eigenvalue weighted by Crippen LogP contribution is -2.44. The Hall–Kier alpha value is -3.90. The Kier molecular flexibility index (Phi) is 6.40. The van der Waals surface area contributed by atoms with E-state index in [-0.39, 0.29) is 0 Å². The van der Waals surface area contributed by atoms with Gasteiger partial charge in [-0.25, -0.2) is 9.97 Å². The number of rotatable bonds is 6. The van der Waals surface area contributed by atoms with Crippen molar-refractivity contribution in [2.45, 2.75) is 12.8 Å². The molecular weight excluding hydrogens is 426 g/mol. The first-order valence-corrected chi connectivity index (χ1v) is 11.7. The lowest BCUT2D eigenvalue weighted by molar-refractivity contribution is 0.313. The third-order valence-corrected chi connectivity index (χ3v) is 6.31. The van der Waals surface area contributed by atoms with Gasteiger partial charge in [-0.15, -0.1) is 0 Å². The van der Waals surface area contributed by atoms with E-state index in [9.17, 15) is 5.26 Å². The van der Waals surface area contributed by atoms with Gasteiger partial charge in [0.2, 0.25) is 5.95 Å². The van der Waals surface area contributed by atoms with E-state index >= 15 is 0 Å². The Balaban J connectivity index is 1.29. The summed E-state index contributed by atoms with van der Waals surface area (Å²) < 4.78 is 0. The van der Waals surface area contributed by atoms with Gasteiger partial charge in [-0.1, -0.05) is 6.07 Å². The molecule has 5 rings (SSSR count). The number of pyridine rings is 1. The maximum atomic E-state index is 9.55. The molecule has 0 aliphatic carbocycles. The van der Waals surface area contributed by atoms with Gasteiger partial charge in [-0.3, -0.25) is 0 Å². The largest absolute Gasteiger partial charge is 0.369 e. The Morgan fingerprint density at radius 3 is 2.35 bits per heavy atom. The highest BCUT2D eigenvalue weighted by Gasteiger charge is 2.16. The van der Waals surface area contributed by atoms with E-state index in [0.717, 1.165) is 50.8 Å². The first kappa shape index (κ1) is 21.9. The van der Waals surface area contributed by atoms with Gasteiger partial charge in [-0.2, -0.15) is 10.2 Å². The van der Waals surface area contributed by atoms with Gasteiger partial charge < -0.3 is 25.3 Å². The molecule has 2 aliphatic heterocycles. The van der Waals surface area contributed by atoms with Gasteiger partial charge >= 0.3 is 0 Å². The molecule has 0 unspecified atom stereocenters. The van der Waals surface area contributed by atoms with Crippen LogP contribution in [0.25, 0.3) is 0 Å². The summed E-state index contributed by atoms with van der Waals surface area (Å²) >= 11 is 0. The highest BCUT2D eigenvalue weighted by atomic mass is 15.2. The van der Waals surface area contributed by atoms with Crippen LogP contribution in [0.4, 0.5) is 34.8 Å². The minimum atomic E-state index is 0.365. The minimum Gasteiger partial charge on any atom is -0.369 e. The molecule has 4 heterocycles. The van der Waals surface area contributed by atoms with Gasteiger partial charge in [0.25, 0.3) is 0 Å². The van der Waals surface area contributed by atoms with Crippen molar-refractivity contribution in [1.29, 1.82) is 5.26 Å².